The van der Waals surface area contributed by atoms with Gasteiger partial charge in [-0.05, 0) is 37.0 Å². The third-order valence-electron chi connectivity index (χ3n) is 4.85. The molecule has 1 aliphatic rings. The monoisotopic (exact) mass is 357 g/mol. The summed E-state index contributed by atoms with van der Waals surface area (Å²) in [5.74, 6) is 0.0980. The molecule has 27 heavy (non-hydrogen) atoms. The standard InChI is InChI=1S/C22H19N3O2/c1-14-7-9-16(10-8-14)21(27)25-22-23-13-18-19(24-22)11-17(12-20(18)26)15-5-3-2-4-6-15/h2-10,13,17H,11-12H2,1H3,(H,23,24,25,27)/t17-/m0/s1. The van der Waals surface area contributed by atoms with E-state index in [9.17, 15) is 9.59 Å². The van der Waals surface area contributed by atoms with Crippen molar-refractivity contribution in [1.29, 1.82) is 0 Å². The fourth-order valence-corrected chi connectivity index (χ4v) is 3.34. The van der Waals surface area contributed by atoms with Gasteiger partial charge in [0.15, 0.2) is 5.78 Å². The molecule has 1 aliphatic carbocycles. The Bertz CT molecular complexity index is 998. The van der Waals surface area contributed by atoms with E-state index < -0.39 is 0 Å². The lowest BCUT2D eigenvalue weighted by atomic mass is 9.82. The number of nitrogens with one attached hydrogen (secondary N) is 1. The zero-order valence-electron chi connectivity index (χ0n) is 15.0. The number of benzene rings is 2. The number of anilines is 1. The van der Waals surface area contributed by atoms with Gasteiger partial charge in [0.05, 0.1) is 11.3 Å². The van der Waals surface area contributed by atoms with E-state index in [2.05, 4.69) is 15.3 Å². The highest BCUT2D eigenvalue weighted by Gasteiger charge is 2.28. The molecule has 0 saturated carbocycles. The predicted molar refractivity (Wildman–Crippen MR) is 103 cm³/mol. The maximum absolute atomic E-state index is 12.5. The Morgan fingerprint density at radius 1 is 1.04 bits per heavy atom. The number of nitrogens with zero attached hydrogens (tertiary/aromatic N) is 2. The average molecular weight is 357 g/mol. The van der Waals surface area contributed by atoms with Crippen molar-refractivity contribution in [2.24, 2.45) is 0 Å². The topological polar surface area (TPSA) is 72.0 Å². The van der Waals surface area contributed by atoms with Crippen LogP contribution < -0.4 is 5.32 Å². The first-order chi connectivity index (χ1) is 13.1. The van der Waals surface area contributed by atoms with E-state index >= 15 is 0 Å². The lowest BCUT2D eigenvalue weighted by Gasteiger charge is -2.23. The van der Waals surface area contributed by atoms with E-state index in [4.69, 9.17) is 0 Å². The molecule has 1 atom stereocenters. The fraction of sp³-hybridized carbons (Fsp3) is 0.182. The number of carbonyl (C=O) groups is 2. The third-order valence-corrected chi connectivity index (χ3v) is 4.85. The molecule has 1 heterocycles. The average Bonchev–Trinajstić information content (AvgIpc) is 2.69. The lowest BCUT2D eigenvalue weighted by molar-refractivity contribution is 0.0962. The number of aryl methyl sites for hydroxylation is 1. The zero-order chi connectivity index (χ0) is 18.8. The van der Waals surface area contributed by atoms with Crippen molar-refractivity contribution in [2.75, 3.05) is 5.32 Å². The van der Waals surface area contributed by atoms with E-state index in [0.717, 1.165) is 11.1 Å². The van der Waals surface area contributed by atoms with E-state index in [-0.39, 0.29) is 23.6 Å². The number of fused-ring (bicyclic) bond motifs is 1. The number of hydrogen-bond acceptors (Lipinski definition) is 4. The fourth-order valence-electron chi connectivity index (χ4n) is 3.34. The second kappa shape index (κ2) is 7.11. The predicted octanol–water partition coefficient (Wildman–Crippen LogP) is 3.95. The van der Waals surface area contributed by atoms with Crippen LogP contribution in [0.1, 0.15) is 49.9 Å². The van der Waals surface area contributed by atoms with Gasteiger partial charge in [-0.15, -0.1) is 0 Å². The molecular weight excluding hydrogens is 338 g/mol. The molecule has 0 fully saturated rings. The summed E-state index contributed by atoms with van der Waals surface area (Å²) in [7, 11) is 0. The van der Waals surface area contributed by atoms with Crippen molar-refractivity contribution in [1.82, 2.24) is 9.97 Å². The molecule has 2 aromatic carbocycles. The molecule has 134 valence electrons. The summed E-state index contributed by atoms with van der Waals surface area (Å²) in [5, 5.41) is 2.72. The Kier molecular flexibility index (Phi) is 4.50. The summed E-state index contributed by atoms with van der Waals surface area (Å²) < 4.78 is 0. The van der Waals surface area contributed by atoms with Gasteiger partial charge in [-0.1, -0.05) is 48.0 Å². The van der Waals surface area contributed by atoms with Crippen LogP contribution >= 0.6 is 0 Å². The smallest absolute Gasteiger partial charge is 0.258 e. The van der Waals surface area contributed by atoms with Crippen LogP contribution in [0.25, 0.3) is 0 Å². The Morgan fingerprint density at radius 3 is 2.52 bits per heavy atom. The van der Waals surface area contributed by atoms with Crippen LogP contribution in [-0.2, 0) is 6.42 Å². The quantitative estimate of drug-likeness (QED) is 0.770. The van der Waals surface area contributed by atoms with Crippen LogP contribution in [0, 0.1) is 6.92 Å². The van der Waals surface area contributed by atoms with Gasteiger partial charge < -0.3 is 0 Å². The van der Waals surface area contributed by atoms with E-state index in [0.29, 0.717) is 29.7 Å². The van der Waals surface area contributed by atoms with Crippen LogP contribution in [0.5, 0.6) is 0 Å². The minimum Gasteiger partial charge on any atom is -0.294 e. The number of Topliss-reactive ketones (excluding diaryl/α,β-unsaturated/α-hetero) is 1. The van der Waals surface area contributed by atoms with Crippen LogP contribution in [-0.4, -0.2) is 21.7 Å². The Balaban J connectivity index is 1.57. The van der Waals surface area contributed by atoms with Crippen LogP contribution in [0.15, 0.2) is 60.8 Å². The van der Waals surface area contributed by atoms with Crippen LogP contribution in [0.4, 0.5) is 5.95 Å². The van der Waals surface area contributed by atoms with Gasteiger partial charge in [0.2, 0.25) is 5.95 Å². The molecule has 0 aliphatic heterocycles. The minimum absolute atomic E-state index is 0.0431. The number of hydrogen-bond donors (Lipinski definition) is 1. The maximum atomic E-state index is 12.5. The van der Waals surface area contributed by atoms with E-state index in [1.165, 1.54) is 6.20 Å². The molecule has 0 saturated heterocycles. The highest BCUT2D eigenvalue weighted by atomic mass is 16.1. The van der Waals surface area contributed by atoms with Gasteiger partial charge in [0.1, 0.15) is 0 Å². The largest absolute Gasteiger partial charge is 0.294 e. The molecule has 0 unspecified atom stereocenters. The molecular formula is C22H19N3O2. The molecule has 5 heteroatoms. The summed E-state index contributed by atoms with van der Waals surface area (Å²) in [6.45, 7) is 1.97. The molecule has 1 N–H and O–H groups in total. The van der Waals surface area contributed by atoms with Crippen LogP contribution in [0.3, 0.4) is 0 Å². The number of amides is 1. The molecule has 0 radical (unpaired) electrons. The zero-order valence-corrected chi connectivity index (χ0v) is 15.0. The van der Waals surface area contributed by atoms with E-state index in [1.54, 1.807) is 12.1 Å². The lowest BCUT2D eigenvalue weighted by Crippen LogP contribution is -2.22. The Hall–Kier alpha value is -3.34. The number of aromatic nitrogens is 2. The second-order valence-electron chi connectivity index (χ2n) is 6.81. The molecule has 4 rings (SSSR count). The minimum atomic E-state index is -0.267. The van der Waals surface area contributed by atoms with Gasteiger partial charge in [-0.2, -0.15) is 0 Å². The van der Waals surface area contributed by atoms with Gasteiger partial charge >= 0.3 is 0 Å². The first-order valence-corrected chi connectivity index (χ1v) is 8.92. The van der Waals surface area contributed by atoms with Gasteiger partial charge in [-0.25, -0.2) is 9.97 Å². The van der Waals surface area contributed by atoms with Crippen molar-refractivity contribution >= 4 is 17.6 Å². The second-order valence-corrected chi connectivity index (χ2v) is 6.81. The SMILES string of the molecule is Cc1ccc(C(=O)Nc2ncc3c(n2)C[C@H](c2ccccc2)CC3=O)cc1. The Morgan fingerprint density at radius 2 is 1.78 bits per heavy atom. The molecule has 0 spiro atoms. The van der Waals surface area contributed by atoms with Gasteiger partial charge in [0.25, 0.3) is 5.91 Å². The van der Waals surface area contributed by atoms with Crippen LogP contribution in [0.2, 0.25) is 0 Å². The van der Waals surface area contributed by atoms with Crippen molar-refractivity contribution < 1.29 is 9.59 Å². The Labute approximate surface area is 157 Å². The van der Waals surface area contributed by atoms with Crippen molar-refractivity contribution in [3.8, 4) is 0 Å². The normalized spacial score (nSPS) is 15.9. The third kappa shape index (κ3) is 3.62. The maximum Gasteiger partial charge on any atom is 0.258 e. The molecule has 1 amide bonds. The molecule has 5 nitrogen and oxygen atoms in total. The van der Waals surface area contributed by atoms with E-state index in [1.807, 2.05) is 49.4 Å². The highest BCUT2D eigenvalue weighted by Crippen LogP contribution is 2.31. The number of carbonyl (C=O) groups excluding carboxylic acids is 2. The first kappa shape index (κ1) is 17.1. The summed E-state index contributed by atoms with van der Waals surface area (Å²) in [6, 6.07) is 17.3. The summed E-state index contributed by atoms with van der Waals surface area (Å²) in [5.41, 5.74) is 3.99. The summed E-state index contributed by atoms with van der Waals surface area (Å²) in [4.78, 5) is 33.5. The number of ketones is 1. The van der Waals surface area contributed by atoms with Crippen molar-refractivity contribution in [2.45, 2.75) is 25.7 Å². The molecule has 0 bridgehead atoms. The number of rotatable bonds is 3. The van der Waals surface area contributed by atoms with Crippen molar-refractivity contribution in [3.63, 3.8) is 0 Å². The molecule has 3 aromatic rings. The van der Waals surface area contributed by atoms with Crippen molar-refractivity contribution in [3.05, 3.63) is 88.7 Å². The highest BCUT2D eigenvalue weighted by molar-refractivity contribution is 6.03. The molecule has 1 aromatic heterocycles. The summed E-state index contributed by atoms with van der Waals surface area (Å²) in [6.07, 6.45) is 2.63. The summed E-state index contributed by atoms with van der Waals surface area (Å²) >= 11 is 0. The van der Waals surface area contributed by atoms with Gasteiger partial charge in [-0.3, -0.25) is 14.9 Å². The van der Waals surface area contributed by atoms with Gasteiger partial charge in [0, 0.05) is 18.2 Å². The first-order valence-electron chi connectivity index (χ1n) is 8.92.